The zero-order valence-electron chi connectivity index (χ0n) is 15.6. The molecule has 2 fully saturated rings. The molecule has 138 valence electrons. The highest BCUT2D eigenvalue weighted by Gasteiger charge is 2.37. The molecule has 2 N–H and O–H groups in total. The average Bonchev–Trinajstić information content (AvgIpc) is 3.02. The summed E-state index contributed by atoms with van der Waals surface area (Å²) in [5.74, 6) is 1.04. The number of carbonyl (C=O) groups excluding carboxylic acids is 1. The summed E-state index contributed by atoms with van der Waals surface area (Å²) in [5, 5.41) is 0. The zero-order chi connectivity index (χ0) is 17.8. The van der Waals surface area contributed by atoms with Crippen molar-refractivity contribution in [2.24, 2.45) is 11.7 Å². The number of likely N-dealkylation sites (tertiary alicyclic amines) is 1. The van der Waals surface area contributed by atoms with E-state index in [1.165, 1.54) is 18.4 Å². The van der Waals surface area contributed by atoms with E-state index in [0.717, 1.165) is 19.3 Å². The SMILES string of the molecule is CCC(OC1CCCC(C)C1)C(=O)N1C[C@@H](N)[C@H](c2ccccc2)C1. The van der Waals surface area contributed by atoms with Crippen molar-refractivity contribution in [1.29, 1.82) is 0 Å². The van der Waals surface area contributed by atoms with Crippen molar-refractivity contribution < 1.29 is 9.53 Å². The van der Waals surface area contributed by atoms with Crippen LogP contribution in [0.3, 0.4) is 0 Å². The summed E-state index contributed by atoms with van der Waals surface area (Å²) in [6.45, 7) is 5.64. The van der Waals surface area contributed by atoms with Gasteiger partial charge in [-0.2, -0.15) is 0 Å². The standard InChI is InChI=1S/C21H32N2O2/c1-3-20(25-17-11-7-8-15(2)12-17)21(24)23-13-18(19(22)14-23)16-9-5-4-6-10-16/h4-6,9-10,15,17-20H,3,7-8,11-14,22H2,1-2H3/t15?,17?,18-,19+,20?/m0/s1. The lowest BCUT2D eigenvalue weighted by Crippen LogP contribution is -2.42. The molecule has 0 bridgehead atoms. The van der Waals surface area contributed by atoms with E-state index >= 15 is 0 Å². The van der Waals surface area contributed by atoms with Crippen molar-refractivity contribution in [3.63, 3.8) is 0 Å². The molecule has 1 heterocycles. The van der Waals surface area contributed by atoms with Gasteiger partial charge in [0.2, 0.25) is 0 Å². The quantitative estimate of drug-likeness (QED) is 0.891. The van der Waals surface area contributed by atoms with Gasteiger partial charge in [0.25, 0.3) is 5.91 Å². The van der Waals surface area contributed by atoms with E-state index in [9.17, 15) is 4.79 Å². The molecular weight excluding hydrogens is 312 g/mol. The Morgan fingerprint density at radius 3 is 2.72 bits per heavy atom. The summed E-state index contributed by atoms with van der Waals surface area (Å²) in [6, 6.07) is 10.3. The Balaban J connectivity index is 1.61. The largest absolute Gasteiger partial charge is 0.365 e. The first-order valence-corrected chi connectivity index (χ1v) is 9.83. The summed E-state index contributed by atoms with van der Waals surface area (Å²) in [7, 11) is 0. The van der Waals surface area contributed by atoms with Gasteiger partial charge >= 0.3 is 0 Å². The first kappa shape index (κ1) is 18.4. The number of rotatable bonds is 5. The van der Waals surface area contributed by atoms with E-state index in [4.69, 9.17) is 10.5 Å². The molecule has 1 aromatic rings. The Labute approximate surface area is 151 Å². The van der Waals surface area contributed by atoms with Crippen molar-refractivity contribution in [3.8, 4) is 0 Å². The predicted octanol–water partition coefficient (Wildman–Crippen LogP) is 3.31. The lowest BCUT2D eigenvalue weighted by molar-refractivity contribution is -0.148. The minimum absolute atomic E-state index is 0.00133. The first-order valence-electron chi connectivity index (χ1n) is 9.83. The molecule has 0 radical (unpaired) electrons. The second-order valence-electron chi connectivity index (χ2n) is 7.85. The smallest absolute Gasteiger partial charge is 0.251 e. The van der Waals surface area contributed by atoms with Crippen molar-refractivity contribution in [2.45, 2.75) is 70.1 Å². The lowest BCUT2D eigenvalue weighted by Gasteiger charge is -2.31. The third-order valence-corrected chi connectivity index (χ3v) is 5.80. The maximum Gasteiger partial charge on any atom is 0.251 e. The van der Waals surface area contributed by atoms with Gasteiger partial charge in [0.15, 0.2) is 0 Å². The predicted molar refractivity (Wildman–Crippen MR) is 100 cm³/mol. The van der Waals surface area contributed by atoms with Gasteiger partial charge in [-0.05, 0) is 30.7 Å². The van der Waals surface area contributed by atoms with Crippen molar-refractivity contribution in [1.82, 2.24) is 4.90 Å². The Hall–Kier alpha value is -1.39. The molecule has 1 amide bonds. The van der Waals surface area contributed by atoms with E-state index in [1.54, 1.807) is 0 Å². The van der Waals surface area contributed by atoms with E-state index < -0.39 is 0 Å². The van der Waals surface area contributed by atoms with Gasteiger partial charge in [0.1, 0.15) is 6.10 Å². The van der Waals surface area contributed by atoms with Gasteiger partial charge in [0, 0.05) is 25.0 Å². The highest BCUT2D eigenvalue weighted by atomic mass is 16.5. The van der Waals surface area contributed by atoms with E-state index in [2.05, 4.69) is 19.1 Å². The number of benzene rings is 1. The molecule has 0 aromatic heterocycles. The molecule has 3 rings (SSSR count). The fraction of sp³-hybridized carbons (Fsp3) is 0.667. The summed E-state index contributed by atoms with van der Waals surface area (Å²) >= 11 is 0. The van der Waals surface area contributed by atoms with Crippen LogP contribution in [0, 0.1) is 5.92 Å². The topological polar surface area (TPSA) is 55.6 Å². The van der Waals surface area contributed by atoms with E-state index in [-0.39, 0.29) is 30.1 Å². The summed E-state index contributed by atoms with van der Waals surface area (Å²) in [5.41, 5.74) is 7.57. The molecule has 1 aliphatic heterocycles. The van der Waals surface area contributed by atoms with E-state index in [1.807, 2.05) is 30.0 Å². The molecule has 1 aliphatic carbocycles. The van der Waals surface area contributed by atoms with Crippen LogP contribution in [0.5, 0.6) is 0 Å². The minimum atomic E-state index is -0.322. The van der Waals surface area contributed by atoms with Gasteiger partial charge in [-0.1, -0.05) is 57.0 Å². The summed E-state index contributed by atoms with van der Waals surface area (Å²) in [4.78, 5) is 14.9. The maximum atomic E-state index is 13.0. The van der Waals surface area contributed by atoms with Gasteiger partial charge in [0.05, 0.1) is 6.10 Å². The molecular formula is C21H32N2O2. The van der Waals surface area contributed by atoms with Crippen molar-refractivity contribution in [3.05, 3.63) is 35.9 Å². The second-order valence-corrected chi connectivity index (χ2v) is 7.85. The number of amides is 1. The first-order chi connectivity index (χ1) is 12.1. The van der Waals surface area contributed by atoms with Gasteiger partial charge in [-0.25, -0.2) is 0 Å². The molecule has 4 nitrogen and oxygen atoms in total. The Morgan fingerprint density at radius 2 is 2.04 bits per heavy atom. The fourth-order valence-electron chi connectivity index (χ4n) is 4.33. The number of nitrogens with zero attached hydrogens (tertiary/aromatic N) is 1. The van der Waals surface area contributed by atoms with Gasteiger partial charge in [-0.15, -0.1) is 0 Å². The molecule has 5 atom stereocenters. The molecule has 2 aliphatic rings. The van der Waals surface area contributed by atoms with Crippen LogP contribution in [0.25, 0.3) is 0 Å². The van der Waals surface area contributed by atoms with Crippen LogP contribution in [0.2, 0.25) is 0 Å². The van der Waals surface area contributed by atoms with Crippen LogP contribution < -0.4 is 5.73 Å². The molecule has 3 unspecified atom stereocenters. The Bertz CT molecular complexity index is 562. The molecule has 25 heavy (non-hydrogen) atoms. The van der Waals surface area contributed by atoms with Crippen LogP contribution in [0.4, 0.5) is 0 Å². The Morgan fingerprint density at radius 1 is 1.28 bits per heavy atom. The summed E-state index contributed by atoms with van der Waals surface area (Å²) in [6.07, 6.45) is 5.29. The number of hydrogen-bond donors (Lipinski definition) is 1. The van der Waals surface area contributed by atoms with Gasteiger partial charge < -0.3 is 15.4 Å². The molecule has 4 heteroatoms. The normalized spacial score (nSPS) is 31.1. The van der Waals surface area contributed by atoms with Crippen LogP contribution in [0.1, 0.15) is 57.4 Å². The third-order valence-electron chi connectivity index (χ3n) is 5.80. The molecule has 1 aromatic carbocycles. The molecule has 1 saturated carbocycles. The number of hydrogen-bond acceptors (Lipinski definition) is 3. The highest BCUT2D eigenvalue weighted by molar-refractivity contribution is 5.81. The summed E-state index contributed by atoms with van der Waals surface area (Å²) < 4.78 is 6.23. The lowest BCUT2D eigenvalue weighted by atomic mass is 9.88. The fourth-order valence-corrected chi connectivity index (χ4v) is 4.33. The van der Waals surface area contributed by atoms with E-state index in [0.29, 0.717) is 19.0 Å². The minimum Gasteiger partial charge on any atom is -0.365 e. The van der Waals surface area contributed by atoms with Crippen LogP contribution >= 0.6 is 0 Å². The monoisotopic (exact) mass is 344 g/mol. The van der Waals surface area contributed by atoms with Crippen LogP contribution in [-0.2, 0) is 9.53 Å². The average molecular weight is 344 g/mol. The van der Waals surface area contributed by atoms with Crippen LogP contribution in [0.15, 0.2) is 30.3 Å². The number of nitrogens with two attached hydrogens (primary N) is 1. The van der Waals surface area contributed by atoms with Crippen molar-refractivity contribution in [2.75, 3.05) is 13.1 Å². The van der Waals surface area contributed by atoms with Crippen LogP contribution in [-0.4, -0.2) is 42.1 Å². The number of carbonyl (C=O) groups is 1. The van der Waals surface area contributed by atoms with Crippen molar-refractivity contribution >= 4 is 5.91 Å². The Kier molecular flexibility index (Phi) is 6.13. The highest BCUT2D eigenvalue weighted by Crippen LogP contribution is 2.30. The maximum absolute atomic E-state index is 13.0. The molecule has 1 saturated heterocycles. The zero-order valence-corrected chi connectivity index (χ0v) is 15.6. The second kappa shape index (κ2) is 8.33. The molecule has 0 spiro atoms. The van der Waals surface area contributed by atoms with Gasteiger partial charge in [-0.3, -0.25) is 4.79 Å². The third kappa shape index (κ3) is 4.42. The number of ether oxygens (including phenoxy) is 1.